The lowest BCUT2D eigenvalue weighted by Gasteiger charge is -2.25. The fourth-order valence-corrected chi connectivity index (χ4v) is 4.15. The fraction of sp³-hybridized carbons (Fsp3) is 0.261. The lowest BCUT2D eigenvalue weighted by atomic mass is 9.87. The number of amides is 2. The lowest BCUT2D eigenvalue weighted by molar-refractivity contribution is -0.121. The van der Waals surface area contributed by atoms with Gasteiger partial charge in [0, 0.05) is 24.1 Å². The van der Waals surface area contributed by atoms with Crippen molar-refractivity contribution < 1.29 is 24.2 Å². The van der Waals surface area contributed by atoms with Gasteiger partial charge in [-0.3, -0.25) is 9.59 Å². The predicted octanol–water partition coefficient (Wildman–Crippen LogP) is 3.51. The summed E-state index contributed by atoms with van der Waals surface area (Å²) >= 11 is 1.09. The van der Waals surface area contributed by atoms with E-state index in [1.54, 1.807) is 50.4 Å². The zero-order valence-corrected chi connectivity index (χ0v) is 18.5. The van der Waals surface area contributed by atoms with E-state index >= 15 is 0 Å². The molecule has 9 heteroatoms. The molecule has 0 radical (unpaired) electrons. The van der Waals surface area contributed by atoms with Crippen LogP contribution in [0.4, 0.5) is 5.69 Å². The van der Waals surface area contributed by atoms with Crippen LogP contribution in [0.3, 0.4) is 0 Å². The van der Waals surface area contributed by atoms with E-state index in [1.807, 2.05) is 0 Å². The number of carbonyl (C=O) groups is 2. The summed E-state index contributed by atoms with van der Waals surface area (Å²) in [6.07, 6.45) is 0.0826. The van der Waals surface area contributed by atoms with Crippen molar-refractivity contribution in [2.45, 2.75) is 19.3 Å². The number of hydrogen-bond donors (Lipinski definition) is 3. The number of hydrogen-bond acceptors (Lipinski definition) is 7. The van der Waals surface area contributed by atoms with Gasteiger partial charge >= 0.3 is 0 Å². The summed E-state index contributed by atoms with van der Waals surface area (Å²) in [5, 5.41) is 25.6. The zero-order chi connectivity index (χ0) is 23.1. The molecule has 2 aromatic carbocycles. The largest absolute Gasteiger partial charge is 0.504 e. The predicted molar refractivity (Wildman–Crippen MR) is 121 cm³/mol. The van der Waals surface area contributed by atoms with Gasteiger partial charge in [0.25, 0.3) is 0 Å². The van der Waals surface area contributed by atoms with Crippen molar-refractivity contribution in [3.63, 3.8) is 0 Å². The Morgan fingerprint density at radius 2 is 2.16 bits per heavy atom. The first-order valence-electron chi connectivity index (χ1n) is 9.91. The summed E-state index contributed by atoms with van der Waals surface area (Å²) in [6, 6.07) is 13.9. The molecule has 32 heavy (non-hydrogen) atoms. The second kappa shape index (κ2) is 10.6. The number of methoxy groups -OCH3 is 1. The SMILES string of the molecule is CCOc1cc([C@H]2CC(=O)NC(SCC(=O)Nc3cccc(OC)c3)=C2C#N)ccc1O. The molecular weight excluding hydrogens is 430 g/mol. The van der Waals surface area contributed by atoms with Crippen LogP contribution in [-0.4, -0.2) is 36.4 Å². The van der Waals surface area contributed by atoms with Crippen LogP contribution in [0.2, 0.25) is 0 Å². The van der Waals surface area contributed by atoms with Crippen LogP contribution in [0.15, 0.2) is 53.1 Å². The van der Waals surface area contributed by atoms with Crippen molar-refractivity contribution in [2.24, 2.45) is 0 Å². The molecule has 0 bridgehead atoms. The summed E-state index contributed by atoms with van der Waals surface area (Å²) in [5.41, 5.74) is 1.62. The summed E-state index contributed by atoms with van der Waals surface area (Å²) < 4.78 is 10.6. The van der Waals surface area contributed by atoms with Gasteiger partial charge in [-0.15, -0.1) is 0 Å². The smallest absolute Gasteiger partial charge is 0.234 e. The average molecular weight is 454 g/mol. The Hall–Kier alpha value is -3.64. The quantitative estimate of drug-likeness (QED) is 0.559. The molecule has 0 spiro atoms. The van der Waals surface area contributed by atoms with E-state index in [1.165, 1.54) is 6.07 Å². The summed E-state index contributed by atoms with van der Waals surface area (Å²) in [7, 11) is 1.54. The Labute approximate surface area is 190 Å². The number of aromatic hydroxyl groups is 1. The number of thioether (sulfide) groups is 1. The van der Waals surface area contributed by atoms with Gasteiger partial charge in [0.05, 0.1) is 36.1 Å². The number of allylic oxidation sites excluding steroid dienone is 1. The number of anilines is 1. The van der Waals surface area contributed by atoms with Gasteiger partial charge < -0.3 is 25.2 Å². The average Bonchev–Trinajstić information content (AvgIpc) is 2.79. The van der Waals surface area contributed by atoms with E-state index in [2.05, 4.69) is 16.7 Å². The monoisotopic (exact) mass is 453 g/mol. The molecule has 1 aliphatic heterocycles. The van der Waals surface area contributed by atoms with E-state index in [4.69, 9.17) is 9.47 Å². The summed E-state index contributed by atoms with van der Waals surface area (Å²) in [4.78, 5) is 24.7. The number of nitrogens with one attached hydrogen (secondary N) is 2. The van der Waals surface area contributed by atoms with Crippen LogP contribution in [0.5, 0.6) is 17.2 Å². The van der Waals surface area contributed by atoms with Gasteiger partial charge in [0.15, 0.2) is 11.5 Å². The number of nitrogens with zero attached hydrogens (tertiary/aromatic N) is 1. The molecule has 0 fully saturated rings. The number of nitriles is 1. The highest BCUT2D eigenvalue weighted by Gasteiger charge is 2.30. The van der Waals surface area contributed by atoms with Crippen molar-refractivity contribution >= 4 is 29.3 Å². The molecule has 1 atom stereocenters. The van der Waals surface area contributed by atoms with Crippen LogP contribution in [0.1, 0.15) is 24.8 Å². The first-order valence-corrected chi connectivity index (χ1v) is 10.9. The molecule has 0 saturated heterocycles. The number of carbonyl (C=O) groups excluding carboxylic acids is 2. The second-order valence-corrected chi connectivity index (χ2v) is 7.87. The van der Waals surface area contributed by atoms with Crippen molar-refractivity contribution in [1.82, 2.24) is 5.32 Å². The van der Waals surface area contributed by atoms with Gasteiger partial charge in [-0.05, 0) is 36.8 Å². The molecule has 0 aliphatic carbocycles. The Balaban J connectivity index is 1.77. The highest BCUT2D eigenvalue weighted by molar-refractivity contribution is 8.03. The van der Waals surface area contributed by atoms with Crippen LogP contribution in [0, 0.1) is 11.3 Å². The Bertz CT molecular complexity index is 1090. The van der Waals surface area contributed by atoms with Crippen LogP contribution in [-0.2, 0) is 9.59 Å². The third-order valence-electron chi connectivity index (χ3n) is 4.74. The molecule has 8 nitrogen and oxygen atoms in total. The normalized spacial score (nSPS) is 15.5. The molecule has 0 aromatic heterocycles. The first kappa shape index (κ1) is 23.0. The number of phenolic OH excluding ortho intramolecular Hbond substituents is 1. The van der Waals surface area contributed by atoms with Crippen LogP contribution < -0.4 is 20.1 Å². The zero-order valence-electron chi connectivity index (χ0n) is 17.7. The van der Waals surface area contributed by atoms with Crippen molar-refractivity contribution in [2.75, 3.05) is 24.8 Å². The maximum absolute atomic E-state index is 12.4. The summed E-state index contributed by atoms with van der Waals surface area (Å²) in [6.45, 7) is 2.17. The Morgan fingerprint density at radius 1 is 1.34 bits per heavy atom. The number of phenols is 1. The molecule has 3 N–H and O–H groups in total. The highest BCUT2D eigenvalue weighted by atomic mass is 32.2. The standard InChI is InChI=1S/C23H23N3O5S/c1-3-31-20-9-14(7-8-19(20)27)17-11-21(28)26-23(18(17)12-24)32-13-22(29)25-15-5-4-6-16(10-15)30-2/h4-10,17,27H,3,11,13H2,1-2H3,(H,25,29)(H,26,28)/t17-/m1/s1. The Morgan fingerprint density at radius 3 is 2.88 bits per heavy atom. The minimum atomic E-state index is -0.502. The molecular formula is C23H23N3O5S. The first-order chi connectivity index (χ1) is 15.4. The molecule has 166 valence electrons. The van der Waals surface area contributed by atoms with Crippen molar-refractivity contribution in [3.05, 3.63) is 58.6 Å². The number of benzene rings is 2. The minimum absolute atomic E-state index is 0.00446. The van der Waals surface area contributed by atoms with Gasteiger partial charge in [0.1, 0.15) is 5.75 Å². The van der Waals surface area contributed by atoms with Gasteiger partial charge in [-0.25, -0.2) is 0 Å². The summed E-state index contributed by atoms with van der Waals surface area (Å²) in [5.74, 6) is -0.138. The van der Waals surface area contributed by atoms with Gasteiger partial charge in [0.2, 0.25) is 11.8 Å². The third-order valence-corrected chi connectivity index (χ3v) is 5.76. The van der Waals surface area contributed by atoms with E-state index in [9.17, 15) is 20.0 Å². The van der Waals surface area contributed by atoms with Gasteiger partial charge in [-0.2, -0.15) is 5.26 Å². The fourth-order valence-electron chi connectivity index (χ4n) is 3.27. The molecule has 1 aliphatic rings. The van der Waals surface area contributed by atoms with Crippen LogP contribution >= 0.6 is 11.8 Å². The van der Waals surface area contributed by atoms with Crippen molar-refractivity contribution in [1.29, 1.82) is 5.26 Å². The highest BCUT2D eigenvalue weighted by Crippen LogP contribution is 2.39. The molecule has 2 amide bonds. The Kier molecular flexibility index (Phi) is 7.63. The van der Waals surface area contributed by atoms with E-state index in [-0.39, 0.29) is 29.7 Å². The van der Waals surface area contributed by atoms with Crippen molar-refractivity contribution in [3.8, 4) is 23.3 Å². The lowest BCUT2D eigenvalue weighted by Crippen LogP contribution is -2.31. The molecule has 0 unspecified atom stereocenters. The number of ether oxygens (including phenoxy) is 2. The molecule has 2 aromatic rings. The van der Waals surface area contributed by atoms with E-state index < -0.39 is 5.92 Å². The van der Waals surface area contributed by atoms with Crippen LogP contribution in [0.25, 0.3) is 0 Å². The van der Waals surface area contributed by atoms with Gasteiger partial charge in [-0.1, -0.05) is 23.9 Å². The minimum Gasteiger partial charge on any atom is -0.504 e. The molecule has 1 heterocycles. The third kappa shape index (κ3) is 5.53. The van der Waals surface area contributed by atoms with E-state index in [0.717, 1.165) is 11.8 Å². The number of rotatable bonds is 8. The molecule has 3 rings (SSSR count). The maximum Gasteiger partial charge on any atom is 0.234 e. The van der Waals surface area contributed by atoms with E-state index in [0.29, 0.717) is 40.0 Å². The molecule has 0 saturated carbocycles. The second-order valence-electron chi connectivity index (χ2n) is 6.89. The maximum atomic E-state index is 12.4. The topological polar surface area (TPSA) is 121 Å².